The van der Waals surface area contributed by atoms with E-state index < -0.39 is 16.4 Å². The quantitative estimate of drug-likeness (QED) is 0.617. The van der Waals surface area contributed by atoms with Crippen molar-refractivity contribution >= 4 is 11.6 Å². The predicted octanol–water partition coefficient (Wildman–Crippen LogP) is 2.18. The number of non-ortho nitro benzene ring substituents is 1. The minimum absolute atomic E-state index is 0.113. The van der Waals surface area contributed by atoms with Gasteiger partial charge in [-0.1, -0.05) is 13.8 Å². The first-order chi connectivity index (χ1) is 9.37. The van der Waals surface area contributed by atoms with E-state index in [-0.39, 0.29) is 17.9 Å². The van der Waals surface area contributed by atoms with Crippen LogP contribution >= 0.6 is 0 Å². The number of aliphatic hydroxyl groups is 1. The number of rotatable bonds is 6. The number of benzene rings is 1. The monoisotopic (exact) mass is 280 g/mol. The van der Waals surface area contributed by atoms with Crippen molar-refractivity contribution in [2.24, 2.45) is 0 Å². The van der Waals surface area contributed by atoms with Crippen LogP contribution < -0.4 is 5.32 Å². The topological polar surface area (TPSA) is 92.5 Å². The lowest BCUT2D eigenvalue weighted by atomic mass is 9.93. The number of nitro groups is 1. The second-order valence-corrected chi connectivity index (χ2v) is 4.91. The number of carbonyl (C=O) groups excluding carboxylic acids is 1. The molecule has 0 aliphatic carbocycles. The van der Waals surface area contributed by atoms with Crippen LogP contribution in [-0.4, -0.2) is 28.1 Å². The number of hydrogen-bond donors (Lipinski definition) is 2. The summed E-state index contributed by atoms with van der Waals surface area (Å²) in [5.41, 5.74) is 0.0800. The van der Waals surface area contributed by atoms with Gasteiger partial charge in [-0.15, -0.1) is 0 Å². The molecule has 0 saturated heterocycles. The average Bonchev–Trinajstić information content (AvgIpc) is 2.44. The number of aryl methyl sites for hydroxylation is 1. The standard InChI is InChI=1S/C14H20N2O4/c1-4-14(5-2,9-17)15-13(18)11-6-10(3)7-12(8-11)16(19)20/h6-8,17H,4-5,9H2,1-3H3,(H,15,18). The molecule has 2 N–H and O–H groups in total. The Morgan fingerprint density at radius 2 is 1.95 bits per heavy atom. The third-order valence-electron chi connectivity index (χ3n) is 3.57. The van der Waals surface area contributed by atoms with Gasteiger partial charge < -0.3 is 10.4 Å². The molecule has 0 bridgehead atoms. The molecule has 0 atom stereocenters. The van der Waals surface area contributed by atoms with Crippen LogP contribution in [0.5, 0.6) is 0 Å². The molecule has 20 heavy (non-hydrogen) atoms. The third-order valence-corrected chi connectivity index (χ3v) is 3.57. The highest BCUT2D eigenvalue weighted by molar-refractivity contribution is 5.95. The van der Waals surface area contributed by atoms with E-state index in [0.717, 1.165) is 0 Å². The summed E-state index contributed by atoms with van der Waals surface area (Å²) in [5, 5.41) is 23.0. The molecule has 1 aromatic carbocycles. The Hall–Kier alpha value is -1.95. The largest absolute Gasteiger partial charge is 0.394 e. The average molecular weight is 280 g/mol. The highest BCUT2D eigenvalue weighted by atomic mass is 16.6. The van der Waals surface area contributed by atoms with Crippen molar-refractivity contribution in [3.8, 4) is 0 Å². The van der Waals surface area contributed by atoms with E-state index in [1.165, 1.54) is 12.1 Å². The third kappa shape index (κ3) is 3.54. The summed E-state index contributed by atoms with van der Waals surface area (Å²) in [4.78, 5) is 22.5. The second kappa shape index (κ2) is 6.47. The van der Waals surface area contributed by atoms with E-state index in [2.05, 4.69) is 5.32 Å². The molecule has 6 heteroatoms. The lowest BCUT2D eigenvalue weighted by Crippen LogP contribution is -2.50. The van der Waals surface area contributed by atoms with Gasteiger partial charge in [-0.25, -0.2) is 0 Å². The molecule has 0 radical (unpaired) electrons. The Kier molecular flexibility index (Phi) is 5.21. The molecule has 0 aromatic heterocycles. The minimum Gasteiger partial charge on any atom is -0.394 e. The molecule has 1 rings (SSSR count). The number of carbonyl (C=O) groups is 1. The molecule has 1 amide bonds. The molecule has 0 aliphatic heterocycles. The van der Waals surface area contributed by atoms with Crippen molar-refractivity contribution < 1.29 is 14.8 Å². The lowest BCUT2D eigenvalue weighted by molar-refractivity contribution is -0.384. The zero-order chi connectivity index (χ0) is 15.3. The van der Waals surface area contributed by atoms with E-state index in [0.29, 0.717) is 18.4 Å². The summed E-state index contributed by atoms with van der Waals surface area (Å²) in [5.74, 6) is -0.408. The number of amides is 1. The highest BCUT2D eigenvalue weighted by Crippen LogP contribution is 2.19. The van der Waals surface area contributed by atoms with Gasteiger partial charge in [0, 0.05) is 17.7 Å². The molecule has 6 nitrogen and oxygen atoms in total. The van der Waals surface area contributed by atoms with E-state index in [4.69, 9.17) is 0 Å². The van der Waals surface area contributed by atoms with E-state index in [1.54, 1.807) is 13.0 Å². The molecular weight excluding hydrogens is 260 g/mol. The maximum atomic E-state index is 12.2. The maximum absolute atomic E-state index is 12.2. The van der Waals surface area contributed by atoms with Gasteiger partial charge in [0.2, 0.25) is 0 Å². The van der Waals surface area contributed by atoms with Crippen molar-refractivity contribution in [2.75, 3.05) is 6.61 Å². The normalized spacial score (nSPS) is 11.2. The molecule has 1 aromatic rings. The van der Waals surface area contributed by atoms with E-state index in [1.807, 2.05) is 13.8 Å². The smallest absolute Gasteiger partial charge is 0.270 e. The molecule has 0 unspecified atom stereocenters. The van der Waals surface area contributed by atoms with Crippen molar-refractivity contribution in [3.05, 3.63) is 39.4 Å². The van der Waals surface area contributed by atoms with Crippen LogP contribution in [-0.2, 0) is 0 Å². The van der Waals surface area contributed by atoms with Gasteiger partial charge in [0.25, 0.3) is 11.6 Å². The number of nitrogens with zero attached hydrogens (tertiary/aromatic N) is 1. The SMILES string of the molecule is CCC(CC)(CO)NC(=O)c1cc(C)cc([N+](=O)[O-])c1. The molecule has 0 spiro atoms. The van der Waals surface area contributed by atoms with Crippen LogP contribution in [0, 0.1) is 17.0 Å². The van der Waals surface area contributed by atoms with Gasteiger partial charge in [-0.05, 0) is 31.4 Å². The summed E-state index contributed by atoms with van der Waals surface area (Å²) < 4.78 is 0. The van der Waals surface area contributed by atoms with Crippen LogP contribution in [0.1, 0.15) is 42.6 Å². The molecule has 0 saturated carbocycles. The Morgan fingerprint density at radius 1 is 1.35 bits per heavy atom. The predicted molar refractivity (Wildman–Crippen MR) is 75.7 cm³/mol. The minimum atomic E-state index is -0.685. The van der Waals surface area contributed by atoms with Gasteiger partial charge in [-0.2, -0.15) is 0 Å². The second-order valence-electron chi connectivity index (χ2n) is 4.91. The Morgan fingerprint density at radius 3 is 2.40 bits per heavy atom. The zero-order valence-corrected chi connectivity index (χ0v) is 12.0. The fraction of sp³-hybridized carbons (Fsp3) is 0.500. The van der Waals surface area contributed by atoms with Crippen LogP contribution in [0.3, 0.4) is 0 Å². The van der Waals surface area contributed by atoms with Gasteiger partial charge in [0.05, 0.1) is 17.1 Å². The van der Waals surface area contributed by atoms with Crippen LogP contribution in [0.4, 0.5) is 5.69 Å². The van der Waals surface area contributed by atoms with Crippen LogP contribution in [0.25, 0.3) is 0 Å². The number of nitro benzene ring substituents is 1. The molecule has 110 valence electrons. The Balaban J connectivity index is 3.06. The van der Waals surface area contributed by atoms with Gasteiger partial charge in [-0.3, -0.25) is 14.9 Å². The van der Waals surface area contributed by atoms with Crippen LogP contribution in [0.15, 0.2) is 18.2 Å². The van der Waals surface area contributed by atoms with Crippen molar-refractivity contribution in [1.82, 2.24) is 5.32 Å². The molecule has 0 fully saturated rings. The van der Waals surface area contributed by atoms with Crippen molar-refractivity contribution in [3.63, 3.8) is 0 Å². The Bertz CT molecular complexity index is 502. The summed E-state index contributed by atoms with van der Waals surface area (Å²) in [6.45, 7) is 5.28. The fourth-order valence-corrected chi connectivity index (χ4v) is 2.00. The van der Waals surface area contributed by atoms with E-state index >= 15 is 0 Å². The summed E-state index contributed by atoms with van der Waals surface area (Å²) >= 11 is 0. The first-order valence-corrected chi connectivity index (χ1v) is 6.57. The Labute approximate surface area is 118 Å². The van der Waals surface area contributed by atoms with Crippen molar-refractivity contribution in [2.45, 2.75) is 39.2 Å². The van der Waals surface area contributed by atoms with Gasteiger partial charge in [0.1, 0.15) is 0 Å². The summed E-state index contributed by atoms with van der Waals surface area (Å²) in [6, 6.07) is 4.25. The van der Waals surface area contributed by atoms with E-state index in [9.17, 15) is 20.0 Å². The zero-order valence-electron chi connectivity index (χ0n) is 12.0. The lowest BCUT2D eigenvalue weighted by Gasteiger charge is -2.30. The number of aliphatic hydroxyl groups excluding tert-OH is 1. The molecular formula is C14H20N2O4. The summed E-state index contributed by atoms with van der Waals surface area (Å²) in [7, 11) is 0. The highest BCUT2D eigenvalue weighted by Gasteiger charge is 2.28. The molecule has 0 aliphatic rings. The van der Waals surface area contributed by atoms with Crippen LogP contribution in [0.2, 0.25) is 0 Å². The van der Waals surface area contributed by atoms with Gasteiger partial charge >= 0.3 is 0 Å². The first kappa shape index (κ1) is 16.1. The number of hydrogen-bond acceptors (Lipinski definition) is 4. The molecule has 0 heterocycles. The maximum Gasteiger partial charge on any atom is 0.270 e. The summed E-state index contributed by atoms with van der Waals surface area (Å²) in [6.07, 6.45) is 1.17. The fourth-order valence-electron chi connectivity index (χ4n) is 2.00. The first-order valence-electron chi connectivity index (χ1n) is 6.57. The van der Waals surface area contributed by atoms with Gasteiger partial charge in [0.15, 0.2) is 0 Å². The van der Waals surface area contributed by atoms with Crippen molar-refractivity contribution in [1.29, 1.82) is 0 Å². The number of nitrogens with one attached hydrogen (secondary N) is 1.